The van der Waals surface area contributed by atoms with Gasteiger partial charge < -0.3 is 10.6 Å². The number of thiazole rings is 1. The Morgan fingerprint density at radius 2 is 2.13 bits per heavy atom. The van der Waals surface area contributed by atoms with Gasteiger partial charge in [0.05, 0.1) is 11.0 Å². The molecule has 2 rings (SSSR count). The van der Waals surface area contributed by atoms with Gasteiger partial charge in [0.1, 0.15) is 17.3 Å². The summed E-state index contributed by atoms with van der Waals surface area (Å²) in [6.45, 7) is 2.10. The highest BCUT2D eigenvalue weighted by Gasteiger charge is 2.23. The van der Waals surface area contributed by atoms with Crippen LogP contribution in [0.5, 0.6) is 0 Å². The molecule has 0 aliphatic heterocycles. The van der Waals surface area contributed by atoms with Crippen LogP contribution >= 0.6 is 23.7 Å². The number of aromatic nitrogens is 1. The predicted octanol–water partition coefficient (Wildman–Crippen LogP) is 3.18. The average molecular weight is 362 g/mol. The first-order valence-electron chi connectivity index (χ1n) is 6.80. The summed E-state index contributed by atoms with van der Waals surface area (Å²) >= 11 is 1.36. The second-order valence-corrected chi connectivity index (χ2v) is 5.87. The van der Waals surface area contributed by atoms with Crippen LogP contribution < -0.4 is 5.73 Å². The van der Waals surface area contributed by atoms with Crippen LogP contribution in [-0.4, -0.2) is 29.4 Å². The lowest BCUT2D eigenvalue weighted by molar-refractivity contribution is 0.0735. The summed E-state index contributed by atoms with van der Waals surface area (Å²) in [6.07, 6.45) is 0.607. The molecule has 1 aromatic heterocycles. The smallest absolute Gasteiger partial charge is 0.273 e. The van der Waals surface area contributed by atoms with Gasteiger partial charge in [-0.15, -0.1) is 23.7 Å². The number of carbonyl (C=O) groups is 1. The van der Waals surface area contributed by atoms with Gasteiger partial charge >= 0.3 is 0 Å². The van der Waals surface area contributed by atoms with Gasteiger partial charge in [-0.3, -0.25) is 4.79 Å². The quantitative estimate of drug-likeness (QED) is 0.889. The molecule has 0 bridgehead atoms. The molecular formula is C15H18ClF2N3OS. The van der Waals surface area contributed by atoms with Crippen molar-refractivity contribution in [3.8, 4) is 0 Å². The minimum absolute atomic E-state index is 0. The molecule has 2 N–H and O–H groups in total. The van der Waals surface area contributed by atoms with Gasteiger partial charge in [0.25, 0.3) is 5.91 Å². The van der Waals surface area contributed by atoms with E-state index in [1.807, 2.05) is 0 Å². The van der Waals surface area contributed by atoms with Crippen LogP contribution in [0.3, 0.4) is 0 Å². The highest BCUT2D eigenvalue weighted by Crippen LogP contribution is 2.24. The van der Waals surface area contributed by atoms with Crippen LogP contribution in [0.4, 0.5) is 8.78 Å². The Kier molecular flexibility index (Phi) is 7.05. The molecule has 8 heteroatoms. The first-order valence-corrected chi connectivity index (χ1v) is 7.68. The van der Waals surface area contributed by atoms with Gasteiger partial charge in [-0.1, -0.05) is 0 Å². The molecule has 1 unspecified atom stereocenters. The van der Waals surface area contributed by atoms with E-state index >= 15 is 0 Å². The number of hydrogen-bond donors (Lipinski definition) is 1. The maximum Gasteiger partial charge on any atom is 0.273 e. The first kappa shape index (κ1) is 19.5. The molecule has 4 nitrogen and oxygen atoms in total. The van der Waals surface area contributed by atoms with Gasteiger partial charge in [-0.25, -0.2) is 13.8 Å². The Morgan fingerprint density at radius 1 is 1.43 bits per heavy atom. The van der Waals surface area contributed by atoms with E-state index in [1.165, 1.54) is 16.2 Å². The van der Waals surface area contributed by atoms with Gasteiger partial charge in [-0.05, 0) is 31.7 Å². The fraction of sp³-hybridized carbons (Fsp3) is 0.333. The van der Waals surface area contributed by atoms with E-state index < -0.39 is 17.7 Å². The van der Waals surface area contributed by atoms with E-state index in [1.54, 1.807) is 19.4 Å². The van der Waals surface area contributed by atoms with E-state index in [9.17, 15) is 13.6 Å². The standard InChI is InChI=1S/C15H17F2N3OS.ClH/c1-9(11-7-10(16)3-4-12(11)17)20(2)15(21)13-8-22-14(19-13)5-6-18;/h3-4,7-9H,5-6,18H2,1-2H3;1H. The van der Waals surface area contributed by atoms with Gasteiger partial charge in [0.15, 0.2) is 0 Å². The van der Waals surface area contributed by atoms with Crippen molar-refractivity contribution in [2.24, 2.45) is 5.73 Å². The number of halogens is 3. The molecule has 23 heavy (non-hydrogen) atoms. The summed E-state index contributed by atoms with van der Waals surface area (Å²) in [5.74, 6) is -1.42. The number of benzene rings is 1. The van der Waals surface area contributed by atoms with E-state index in [0.717, 1.165) is 23.2 Å². The van der Waals surface area contributed by atoms with Crippen molar-refractivity contribution in [3.63, 3.8) is 0 Å². The Morgan fingerprint density at radius 3 is 2.78 bits per heavy atom. The number of carbonyl (C=O) groups excluding carboxylic acids is 1. The maximum absolute atomic E-state index is 13.8. The van der Waals surface area contributed by atoms with Gasteiger partial charge in [0.2, 0.25) is 0 Å². The summed E-state index contributed by atoms with van der Waals surface area (Å²) in [5.41, 5.74) is 5.88. The van der Waals surface area contributed by atoms with Crippen LogP contribution in [0.2, 0.25) is 0 Å². The summed E-state index contributed by atoms with van der Waals surface area (Å²) in [5, 5.41) is 2.43. The third kappa shape index (κ3) is 4.46. The third-order valence-electron chi connectivity index (χ3n) is 3.44. The average Bonchev–Trinajstić information content (AvgIpc) is 2.96. The molecule has 1 heterocycles. The molecular weight excluding hydrogens is 344 g/mol. The minimum atomic E-state index is -0.608. The molecule has 2 aromatic rings. The topological polar surface area (TPSA) is 59.2 Å². The van der Waals surface area contributed by atoms with Crippen molar-refractivity contribution in [1.29, 1.82) is 0 Å². The highest BCUT2D eigenvalue weighted by atomic mass is 35.5. The highest BCUT2D eigenvalue weighted by molar-refractivity contribution is 7.09. The molecule has 126 valence electrons. The summed E-state index contributed by atoms with van der Waals surface area (Å²) < 4.78 is 27.1. The van der Waals surface area contributed by atoms with E-state index in [0.29, 0.717) is 18.7 Å². The molecule has 0 radical (unpaired) electrons. The molecule has 0 aliphatic rings. The molecule has 0 saturated carbocycles. The first-order chi connectivity index (χ1) is 10.4. The van der Waals surface area contributed by atoms with Crippen molar-refractivity contribution < 1.29 is 13.6 Å². The lowest BCUT2D eigenvalue weighted by Crippen LogP contribution is -2.30. The van der Waals surface area contributed by atoms with Crippen LogP contribution in [0.1, 0.15) is 34.0 Å². The Hall–Kier alpha value is -1.57. The second kappa shape index (κ2) is 8.33. The SMILES string of the molecule is CC(c1cc(F)ccc1F)N(C)C(=O)c1csc(CCN)n1.Cl. The Labute approximate surface area is 143 Å². The summed E-state index contributed by atoms with van der Waals surface area (Å²) in [7, 11) is 1.54. The predicted molar refractivity (Wildman–Crippen MR) is 89.0 cm³/mol. The van der Waals surface area contributed by atoms with Crippen molar-refractivity contribution in [2.45, 2.75) is 19.4 Å². The van der Waals surface area contributed by atoms with Crippen molar-refractivity contribution in [1.82, 2.24) is 9.88 Å². The summed E-state index contributed by atoms with van der Waals surface area (Å²) in [6, 6.07) is 2.60. The van der Waals surface area contributed by atoms with Crippen molar-refractivity contribution in [3.05, 3.63) is 51.5 Å². The zero-order chi connectivity index (χ0) is 16.3. The number of rotatable bonds is 5. The number of nitrogens with zero attached hydrogens (tertiary/aromatic N) is 2. The molecule has 1 amide bonds. The second-order valence-electron chi connectivity index (χ2n) is 4.92. The third-order valence-corrected chi connectivity index (χ3v) is 4.35. The fourth-order valence-electron chi connectivity index (χ4n) is 2.05. The summed E-state index contributed by atoms with van der Waals surface area (Å²) in [4.78, 5) is 18.0. The fourth-order valence-corrected chi connectivity index (χ4v) is 2.84. The maximum atomic E-state index is 13.8. The Balaban J connectivity index is 0.00000264. The molecule has 1 atom stereocenters. The number of hydrogen-bond acceptors (Lipinski definition) is 4. The van der Waals surface area contributed by atoms with Crippen LogP contribution in [0.25, 0.3) is 0 Å². The Bertz CT molecular complexity index is 680. The van der Waals surface area contributed by atoms with Gasteiger partial charge in [0, 0.05) is 24.4 Å². The van der Waals surface area contributed by atoms with Gasteiger partial charge in [-0.2, -0.15) is 0 Å². The van der Waals surface area contributed by atoms with Crippen molar-refractivity contribution >= 4 is 29.7 Å². The zero-order valence-electron chi connectivity index (χ0n) is 12.8. The minimum Gasteiger partial charge on any atom is -0.333 e. The molecule has 0 fully saturated rings. The normalized spacial score (nSPS) is 11.7. The number of amides is 1. The largest absolute Gasteiger partial charge is 0.333 e. The van der Waals surface area contributed by atoms with E-state index in [2.05, 4.69) is 4.98 Å². The molecule has 0 spiro atoms. The van der Waals surface area contributed by atoms with E-state index in [4.69, 9.17) is 5.73 Å². The molecule has 0 saturated heterocycles. The van der Waals surface area contributed by atoms with Crippen LogP contribution in [0, 0.1) is 11.6 Å². The van der Waals surface area contributed by atoms with E-state index in [-0.39, 0.29) is 23.9 Å². The lowest BCUT2D eigenvalue weighted by Gasteiger charge is -2.25. The number of nitrogens with two attached hydrogens (primary N) is 1. The zero-order valence-corrected chi connectivity index (χ0v) is 14.4. The van der Waals surface area contributed by atoms with Crippen LogP contribution in [-0.2, 0) is 6.42 Å². The molecule has 0 aliphatic carbocycles. The van der Waals surface area contributed by atoms with Crippen LogP contribution in [0.15, 0.2) is 23.6 Å². The lowest BCUT2D eigenvalue weighted by atomic mass is 10.1. The van der Waals surface area contributed by atoms with Crippen molar-refractivity contribution in [2.75, 3.05) is 13.6 Å². The monoisotopic (exact) mass is 361 g/mol. The molecule has 1 aromatic carbocycles.